The molecule has 2 aromatic rings. The van der Waals surface area contributed by atoms with Gasteiger partial charge < -0.3 is 5.73 Å². The molecule has 0 unspecified atom stereocenters. The Labute approximate surface area is 103 Å². The molecule has 2 N–H and O–H groups in total. The van der Waals surface area contributed by atoms with Crippen LogP contribution in [-0.4, -0.2) is 15.0 Å². The summed E-state index contributed by atoms with van der Waals surface area (Å²) < 4.78 is 28.1. The summed E-state index contributed by atoms with van der Waals surface area (Å²) in [7, 11) is 0. The van der Waals surface area contributed by atoms with E-state index in [1.807, 2.05) is 6.92 Å². The van der Waals surface area contributed by atoms with Gasteiger partial charge in [0.25, 0.3) is 0 Å². The summed E-state index contributed by atoms with van der Waals surface area (Å²) in [6.45, 7) is 2.13. The number of rotatable bonds is 4. The van der Waals surface area contributed by atoms with Crippen LogP contribution in [0.1, 0.15) is 24.6 Å². The van der Waals surface area contributed by atoms with Crippen LogP contribution in [-0.2, 0) is 13.0 Å². The van der Waals surface area contributed by atoms with Crippen LogP contribution < -0.4 is 5.73 Å². The lowest BCUT2D eigenvalue weighted by Gasteiger charge is -2.07. The molecule has 2 rings (SSSR count). The molecule has 0 atom stereocenters. The van der Waals surface area contributed by atoms with E-state index in [4.69, 9.17) is 5.73 Å². The molecule has 0 aliphatic carbocycles. The molecule has 0 bridgehead atoms. The number of hydrogen-bond acceptors (Lipinski definition) is 3. The zero-order valence-electron chi connectivity index (χ0n) is 10.0. The van der Waals surface area contributed by atoms with Crippen molar-refractivity contribution >= 4 is 5.82 Å². The first-order valence-electron chi connectivity index (χ1n) is 5.73. The molecule has 1 aromatic heterocycles. The Kier molecular flexibility index (Phi) is 3.55. The first kappa shape index (κ1) is 12.5. The van der Waals surface area contributed by atoms with E-state index >= 15 is 0 Å². The molecule has 18 heavy (non-hydrogen) atoms. The predicted octanol–water partition coefficient (Wildman–Crippen LogP) is 2.14. The van der Waals surface area contributed by atoms with Crippen molar-refractivity contribution in [3.63, 3.8) is 0 Å². The molecule has 0 aliphatic rings. The Bertz CT molecular complexity index is 551. The summed E-state index contributed by atoms with van der Waals surface area (Å²) in [5.41, 5.74) is 6.67. The van der Waals surface area contributed by atoms with Gasteiger partial charge in [0.15, 0.2) is 5.82 Å². The molecular weight excluding hydrogens is 238 g/mol. The third kappa shape index (κ3) is 2.47. The smallest absolute Gasteiger partial charge is 0.169 e. The second-order valence-electron chi connectivity index (χ2n) is 4.06. The SMILES string of the molecule is CCCc1c(N)nnn1Cc1cc(F)ccc1F. The summed E-state index contributed by atoms with van der Waals surface area (Å²) >= 11 is 0. The van der Waals surface area contributed by atoms with E-state index in [1.54, 1.807) is 0 Å². The fourth-order valence-corrected chi connectivity index (χ4v) is 1.79. The highest BCUT2D eigenvalue weighted by molar-refractivity contribution is 5.33. The monoisotopic (exact) mass is 252 g/mol. The van der Waals surface area contributed by atoms with Gasteiger partial charge in [-0.05, 0) is 24.6 Å². The molecule has 4 nitrogen and oxygen atoms in total. The zero-order valence-corrected chi connectivity index (χ0v) is 10.0. The molecule has 0 radical (unpaired) electrons. The van der Waals surface area contributed by atoms with Gasteiger partial charge in [-0.15, -0.1) is 5.10 Å². The van der Waals surface area contributed by atoms with Crippen molar-refractivity contribution in [1.82, 2.24) is 15.0 Å². The van der Waals surface area contributed by atoms with E-state index in [0.29, 0.717) is 12.2 Å². The van der Waals surface area contributed by atoms with E-state index in [1.165, 1.54) is 4.68 Å². The highest BCUT2D eigenvalue weighted by atomic mass is 19.1. The quantitative estimate of drug-likeness (QED) is 0.907. The fraction of sp³-hybridized carbons (Fsp3) is 0.333. The number of aromatic nitrogens is 3. The minimum Gasteiger partial charge on any atom is -0.381 e. The maximum absolute atomic E-state index is 13.5. The summed E-state index contributed by atoms with van der Waals surface area (Å²) in [6.07, 6.45) is 1.58. The number of hydrogen-bond donors (Lipinski definition) is 1. The molecule has 0 saturated heterocycles. The lowest BCUT2D eigenvalue weighted by Crippen LogP contribution is -2.09. The Morgan fingerprint density at radius 3 is 2.83 bits per heavy atom. The molecule has 0 spiro atoms. The van der Waals surface area contributed by atoms with Crippen LogP contribution in [0.5, 0.6) is 0 Å². The normalized spacial score (nSPS) is 10.8. The van der Waals surface area contributed by atoms with Crippen LogP contribution in [0.25, 0.3) is 0 Å². The average molecular weight is 252 g/mol. The predicted molar refractivity (Wildman–Crippen MR) is 63.9 cm³/mol. The highest BCUT2D eigenvalue weighted by Gasteiger charge is 2.12. The lowest BCUT2D eigenvalue weighted by molar-refractivity contribution is 0.551. The van der Waals surface area contributed by atoms with Gasteiger partial charge >= 0.3 is 0 Å². The van der Waals surface area contributed by atoms with E-state index < -0.39 is 11.6 Å². The number of anilines is 1. The van der Waals surface area contributed by atoms with Gasteiger partial charge in [0.2, 0.25) is 0 Å². The highest BCUT2D eigenvalue weighted by Crippen LogP contribution is 2.15. The van der Waals surface area contributed by atoms with Crippen molar-refractivity contribution in [3.8, 4) is 0 Å². The second-order valence-corrected chi connectivity index (χ2v) is 4.06. The third-order valence-corrected chi connectivity index (χ3v) is 2.68. The van der Waals surface area contributed by atoms with Crippen molar-refractivity contribution in [1.29, 1.82) is 0 Å². The van der Waals surface area contributed by atoms with Gasteiger partial charge in [-0.2, -0.15) is 0 Å². The first-order valence-corrected chi connectivity index (χ1v) is 5.73. The van der Waals surface area contributed by atoms with Gasteiger partial charge in [-0.1, -0.05) is 18.6 Å². The van der Waals surface area contributed by atoms with Gasteiger partial charge in [0.05, 0.1) is 12.2 Å². The van der Waals surface area contributed by atoms with E-state index in [0.717, 1.165) is 30.3 Å². The van der Waals surface area contributed by atoms with Crippen LogP contribution in [0, 0.1) is 11.6 Å². The number of halogens is 2. The number of nitrogen functional groups attached to an aromatic ring is 1. The summed E-state index contributed by atoms with van der Waals surface area (Å²) in [5, 5.41) is 7.61. The largest absolute Gasteiger partial charge is 0.381 e. The minimum atomic E-state index is -0.475. The maximum atomic E-state index is 13.5. The van der Waals surface area contributed by atoms with Crippen LogP contribution in [0.4, 0.5) is 14.6 Å². The topological polar surface area (TPSA) is 56.7 Å². The fourth-order valence-electron chi connectivity index (χ4n) is 1.79. The second kappa shape index (κ2) is 5.12. The van der Waals surface area contributed by atoms with Crippen molar-refractivity contribution in [2.45, 2.75) is 26.3 Å². The van der Waals surface area contributed by atoms with Crippen LogP contribution in [0.2, 0.25) is 0 Å². The molecular formula is C12H14F2N4. The summed E-state index contributed by atoms with van der Waals surface area (Å²) in [4.78, 5) is 0. The summed E-state index contributed by atoms with van der Waals surface area (Å²) in [5.74, 6) is -0.599. The molecule has 0 aliphatic heterocycles. The van der Waals surface area contributed by atoms with Crippen molar-refractivity contribution in [2.24, 2.45) is 0 Å². The molecule has 1 heterocycles. The minimum absolute atomic E-state index is 0.128. The van der Waals surface area contributed by atoms with Crippen molar-refractivity contribution < 1.29 is 8.78 Å². The van der Waals surface area contributed by atoms with E-state index in [9.17, 15) is 8.78 Å². The lowest BCUT2D eigenvalue weighted by atomic mass is 10.2. The Hall–Kier alpha value is -1.98. The van der Waals surface area contributed by atoms with Gasteiger partial charge in [0, 0.05) is 5.56 Å². The average Bonchev–Trinajstić information content (AvgIpc) is 2.67. The number of nitrogens with zero attached hydrogens (tertiary/aromatic N) is 3. The standard InChI is InChI=1S/C12H14F2N4/c1-2-3-11-12(15)16-17-18(11)7-8-6-9(13)4-5-10(8)14/h4-6H,2-3,7,15H2,1H3. The van der Waals surface area contributed by atoms with Crippen LogP contribution in [0.3, 0.4) is 0 Å². The van der Waals surface area contributed by atoms with Gasteiger partial charge in [-0.25, -0.2) is 13.5 Å². The third-order valence-electron chi connectivity index (χ3n) is 2.68. The molecule has 0 fully saturated rings. The number of nitrogens with two attached hydrogens (primary N) is 1. The molecule has 0 saturated carbocycles. The van der Waals surface area contributed by atoms with Crippen LogP contribution >= 0.6 is 0 Å². The molecule has 96 valence electrons. The molecule has 6 heteroatoms. The maximum Gasteiger partial charge on any atom is 0.169 e. The molecule has 0 amide bonds. The first-order chi connectivity index (χ1) is 8.61. The Balaban J connectivity index is 2.31. The molecule has 1 aromatic carbocycles. The summed E-state index contributed by atoms with van der Waals surface area (Å²) in [6, 6.07) is 3.34. The Morgan fingerprint density at radius 1 is 1.33 bits per heavy atom. The van der Waals surface area contributed by atoms with E-state index in [2.05, 4.69) is 10.3 Å². The van der Waals surface area contributed by atoms with E-state index in [-0.39, 0.29) is 12.1 Å². The number of benzene rings is 1. The van der Waals surface area contributed by atoms with Gasteiger partial charge in [-0.3, -0.25) is 0 Å². The van der Waals surface area contributed by atoms with Crippen LogP contribution in [0.15, 0.2) is 18.2 Å². The zero-order chi connectivity index (χ0) is 13.1. The van der Waals surface area contributed by atoms with Gasteiger partial charge in [0.1, 0.15) is 11.6 Å². The van der Waals surface area contributed by atoms with Crippen molar-refractivity contribution in [3.05, 3.63) is 41.1 Å². The van der Waals surface area contributed by atoms with Crippen molar-refractivity contribution in [2.75, 3.05) is 5.73 Å². The Morgan fingerprint density at radius 2 is 2.11 bits per heavy atom.